The average molecular weight is 369 g/mol. The zero-order valence-electron chi connectivity index (χ0n) is 15.1. The average Bonchev–Trinajstić information content (AvgIpc) is 3.15. The third kappa shape index (κ3) is 4.91. The highest BCUT2D eigenvalue weighted by Gasteiger charge is 2.19. The summed E-state index contributed by atoms with van der Waals surface area (Å²) >= 11 is 0. The van der Waals surface area contributed by atoms with Gasteiger partial charge in [0.25, 0.3) is 5.91 Å². The second kappa shape index (κ2) is 8.44. The molecule has 0 radical (unpaired) electrons. The molecule has 0 fully saturated rings. The monoisotopic (exact) mass is 369 g/mol. The molecule has 0 spiro atoms. The Labute approximate surface area is 156 Å². The minimum Gasteiger partial charge on any atom is -0.481 e. The quantitative estimate of drug-likeness (QED) is 0.688. The summed E-state index contributed by atoms with van der Waals surface area (Å²) in [5.41, 5.74) is 1.98. The topological polar surface area (TPSA) is 77.2 Å². The van der Waals surface area contributed by atoms with Crippen molar-refractivity contribution in [2.24, 2.45) is 0 Å². The third-order valence-corrected chi connectivity index (χ3v) is 3.95. The standard InChI is InChI=1S/C20H20FN3O3/c1-3-17(26-16-10-8-15(21)9-11-16)20(25)22-12-18-23-19(24-27-18)14-6-4-13(2)5-7-14/h4-11,17H,3,12H2,1-2H3,(H,22,25). The number of benzene rings is 2. The highest BCUT2D eigenvalue weighted by molar-refractivity contribution is 5.80. The van der Waals surface area contributed by atoms with Crippen molar-refractivity contribution in [2.75, 3.05) is 0 Å². The van der Waals surface area contributed by atoms with Crippen LogP contribution in [0, 0.1) is 12.7 Å². The second-order valence-corrected chi connectivity index (χ2v) is 6.06. The van der Waals surface area contributed by atoms with E-state index in [2.05, 4.69) is 15.5 Å². The zero-order chi connectivity index (χ0) is 19.2. The number of ether oxygens (including phenoxy) is 1. The molecule has 27 heavy (non-hydrogen) atoms. The van der Waals surface area contributed by atoms with Crippen LogP contribution in [0.3, 0.4) is 0 Å². The van der Waals surface area contributed by atoms with Gasteiger partial charge in [0.1, 0.15) is 11.6 Å². The van der Waals surface area contributed by atoms with Crippen molar-refractivity contribution in [3.05, 3.63) is 65.8 Å². The first-order chi connectivity index (χ1) is 13.0. The largest absolute Gasteiger partial charge is 0.481 e. The maximum absolute atomic E-state index is 13.0. The predicted octanol–water partition coefficient (Wildman–Crippen LogP) is 3.66. The summed E-state index contributed by atoms with van der Waals surface area (Å²) in [4.78, 5) is 16.6. The zero-order valence-corrected chi connectivity index (χ0v) is 15.1. The number of carbonyl (C=O) groups is 1. The van der Waals surface area contributed by atoms with E-state index in [9.17, 15) is 9.18 Å². The fraction of sp³-hybridized carbons (Fsp3) is 0.250. The molecule has 1 aromatic heterocycles. The van der Waals surface area contributed by atoms with Gasteiger partial charge < -0.3 is 14.6 Å². The summed E-state index contributed by atoms with van der Waals surface area (Å²) in [5, 5.41) is 6.65. The molecule has 0 aliphatic heterocycles. The van der Waals surface area contributed by atoms with Gasteiger partial charge in [0.05, 0.1) is 6.54 Å². The van der Waals surface area contributed by atoms with E-state index in [1.54, 1.807) is 0 Å². The number of hydrogen-bond donors (Lipinski definition) is 1. The Morgan fingerprint density at radius 3 is 2.56 bits per heavy atom. The number of hydrogen-bond acceptors (Lipinski definition) is 5. The van der Waals surface area contributed by atoms with E-state index < -0.39 is 6.10 Å². The number of rotatable bonds is 7. The summed E-state index contributed by atoms with van der Waals surface area (Å²) in [6.07, 6.45) is -0.239. The minimum atomic E-state index is -0.699. The van der Waals surface area contributed by atoms with E-state index in [4.69, 9.17) is 9.26 Å². The molecule has 3 rings (SSSR count). The van der Waals surface area contributed by atoms with Crippen LogP contribution in [0.15, 0.2) is 53.1 Å². The number of carbonyl (C=O) groups excluding carboxylic acids is 1. The van der Waals surface area contributed by atoms with Crippen LogP contribution in [-0.4, -0.2) is 22.2 Å². The minimum absolute atomic E-state index is 0.0982. The van der Waals surface area contributed by atoms with Crippen LogP contribution >= 0.6 is 0 Å². The predicted molar refractivity (Wildman–Crippen MR) is 97.4 cm³/mol. The number of aryl methyl sites for hydroxylation is 1. The van der Waals surface area contributed by atoms with Gasteiger partial charge in [-0.3, -0.25) is 4.79 Å². The normalized spacial score (nSPS) is 11.8. The summed E-state index contributed by atoms with van der Waals surface area (Å²) < 4.78 is 23.8. The van der Waals surface area contributed by atoms with Gasteiger partial charge in [0.2, 0.25) is 11.7 Å². The molecule has 2 aromatic carbocycles. The molecule has 1 atom stereocenters. The molecule has 0 bridgehead atoms. The van der Waals surface area contributed by atoms with Gasteiger partial charge in [-0.15, -0.1) is 0 Å². The van der Waals surface area contributed by atoms with Crippen LogP contribution in [0.25, 0.3) is 11.4 Å². The molecule has 1 amide bonds. The van der Waals surface area contributed by atoms with Crippen molar-refractivity contribution in [1.29, 1.82) is 0 Å². The molecule has 7 heteroatoms. The molecule has 0 aliphatic carbocycles. The Kier molecular flexibility index (Phi) is 5.80. The molecule has 1 N–H and O–H groups in total. The Bertz CT molecular complexity index is 892. The number of nitrogens with one attached hydrogen (secondary N) is 1. The number of aromatic nitrogens is 2. The van der Waals surface area contributed by atoms with Crippen molar-refractivity contribution >= 4 is 5.91 Å². The van der Waals surface area contributed by atoms with Crippen LogP contribution in [-0.2, 0) is 11.3 Å². The summed E-state index contributed by atoms with van der Waals surface area (Å²) in [6.45, 7) is 3.93. The summed E-state index contributed by atoms with van der Waals surface area (Å²) in [5.74, 6) is 0.528. The lowest BCUT2D eigenvalue weighted by Crippen LogP contribution is -2.37. The van der Waals surface area contributed by atoms with Gasteiger partial charge >= 0.3 is 0 Å². The molecule has 1 heterocycles. The highest BCUT2D eigenvalue weighted by Crippen LogP contribution is 2.17. The lowest BCUT2D eigenvalue weighted by atomic mass is 10.1. The molecule has 0 saturated carbocycles. The molecule has 140 valence electrons. The van der Waals surface area contributed by atoms with Crippen LogP contribution < -0.4 is 10.1 Å². The van der Waals surface area contributed by atoms with Crippen molar-refractivity contribution in [3.8, 4) is 17.1 Å². The van der Waals surface area contributed by atoms with E-state index in [1.165, 1.54) is 24.3 Å². The number of amides is 1. The Morgan fingerprint density at radius 2 is 1.89 bits per heavy atom. The molecule has 6 nitrogen and oxygen atoms in total. The van der Waals surface area contributed by atoms with E-state index in [1.807, 2.05) is 38.1 Å². The van der Waals surface area contributed by atoms with Crippen LogP contribution in [0.5, 0.6) is 5.75 Å². The number of halogens is 1. The summed E-state index contributed by atoms with van der Waals surface area (Å²) in [7, 11) is 0. The first-order valence-corrected chi connectivity index (χ1v) is 8.64. The van der Waals surface area contributed by atoms with Crippen molar-refractivity contribution < 1.29 is 18.4 Å². The number of nitrogens with zero attached hydrogens (tertiary/aromatic N) is 2. The Hall–Kier alpha value is -3.22. The molecular formula is C20H20FN3O3. The van der Waals surface area contributed by atoms with E-state index in [0.717, 1.165) is 11.1 Å². The van der Waals surface area contributed by atoms with Crippen LogP contribution in [0.1, 0.15) is 24.8 Å². The lowest BCUT2D eigenvalue weighted by Gasteiger charge is -2.16. The van der Waals surface area contributed by atoms with Crippen LogP contribution in [0.4, 0.5) is 4.39 Å². The second-order valence-electron chi connectivity index (χ2n) is 6.06. The fourth-order valence-electron chi connectivity index (χ4n) is 2.42. The van der Waals surface area contributed by atoms with E-state index in [0.29, 0.717) is 23.9 Å². The SMILES string of the molecule is CCC(Oc1ccc(F)cc1)C(=O)NCc1nc(-c2ccc(C)cc2)no1. The van der Waals surface area contributed by atoms with Gasteiger partial charge in [-0.2, -0.15) is 4.98 Å². The van der Waals surface area contributed by atoms with E-state index >= 15 is 0 Å². The molecule has 0 aliphatic rings. The van der Waals surface area contributed by atoms with E-state index in [-0.39, 0.29) is 18.3 Å². The molecule has 1 unspecified atom stereocenters. The van der Waals surface area contributed by atoms with Crippen LogP contribution in [0.2, 0.25) is 0 Å². The van der Waals surface area contributed by atoms with Gasteiger partial charge in [0, 0.05) is 5.56 Å². The molecule has 0 saturated heterocycles. The van der Waals surface area contributed by atoms with Gasteiger partial charge in [-0.25, -0.2) is 4.39 Å². The molecular weight excluding hydrogens is 349 g/mol. The maximum Gasteiger partial charge on any atom is 0.261 e. The first-order valence-electron chi connectivity index (χ1n) is 8.64. The Balaban J connectivity index is 1.57. The summed E-state index contributed by atoms with van der Waals surface area (Å²) in [6, 6.07) is 13.3. The van der Waals surface area contributed by atoms with Gasteiger partial charge in [-0.1, -0.05) is 41.9 Å². The first kappa shape index (κ1) is 18.6. The Morgan fingerprint density at radius 1 is 1.19 bits per heavy atom. The smallest absolute Gasteiger partial charge is 0.261 e. The van der Waals surface area contributed by atoms with Gasteiger partial charge in [-0.05, 0) is 37.6 Å². The maximum atomic E-state index is 13.0. The third-order valence-electron chi connectivity index (χ3n) is 3.95. The van der Waals surface area contributed by atoms with Crippen molar-refractivity contribution in [3.63, 3.8) is 0 Å². The van der Waals surface area contributed by atoms with Crippen molar-refractivity contribution in [2.45, 2.75) is 32.9 Å². The van der Waals surface area contributed by atoms with Crippen molar-refractivity contribution in [1.82, 2.24) is 15.5 Å². The molecule has 3 aromatic rings. The fourth-order valence-corrected chi connectivity index (χ4v) is 2.42. The highest BCUT2D eigenvalue weighted by atomic mass is 19.1. The lowest BCUT2D eigenvalue weighted by molar-refractivity contribution is -0.128. The van der Waals surface area contributed by atoms with Gasteiger partial charge in [0.15, 0.2) is 6.10 Å².